The molecule has 0 aliphatic carbocycles. The summed E-state index contributed by atoms with van der Waals surface area (Å²) >= 11 is 0. The van der Waals surface area contributed by atoms with E-state index >= 15 is 0 Å². The van der Waals surface area contributed by atoms with E-state index in [0.29, 0.717) is 24.8 Å². The van der Waals surface area contributed by atoms with E-state index in [1.54, 1.807) is 11.8 Å². The van der Waals surface area contributed by atoms with Gasteiger partial charge in [0.1, 0.15) is 5.75 Å². The minimum Gasteiger partial charge on any atom is -0.481 e. The number of benzene rings is 1. The van der Waals surface area contributed by atoms with Crippen molar-refractivity contribution >= 4 is 11.9 Å². The van der Waals surface area contributed by atoms with E-state index in [0.717, 1.165) is 5.56 Å². The molecule has 1 fully saturated rings. The number of ether oxygens (including phenoxy) is 2. The van der Waals surface area contributed by atoms with Crippen molar-refractivity contribution in [2.75, 3.05) is 19.8 Å². The Morgan fingerprint density at radius 1 is 1.38 bits per heavy atom. The molecule has 0 aromatic heterocycles. The number of hydrogen-bond donors (Lipinski definition) is 1. The van der Waals surface area contributed by atoms with Crippen LogP contribution in [0.1, 0.15) is 38.7 Å². The molecule has 0 spiro atoms. The van der Waals surface area contributed by atoms with E-state index < -0.39 is 18.1 Å². The first-order valence-electron chi connectivity index (χ1n) is 8.25. The minimum absolute atomic E-state index is 0.124. The van der Waals surface area contributed by atoms with Gasteiger partial charge in [-0.3, -0.25) is 9.59 Å². The summed E-state index contributed by atoms with van der Waals surface area (Å²) in [6, 6.07) is 7.24. The van der Waals surface area contributed by atoms with E-state index in [2.05, 4.69) is 13.8 Å². The van der Waals surface area contributed by atoms with Crippen molar-refractivity contribution in [3.63, 3.8) is 0 Å². The summed E-state index contributed by atoms with van der Waals surface area (Å²) in [6.45, 7) is 6.93. The Morgan fingerprint density at radius 3 is 2.79 bits per heavy atom. The Kier molecular flexibility index (Phi) is 6.20. The zero-order valence-electron chi connectivity index (χ0n) is 14.4. The largest absolute Gasteiger partial charge is 0.481 e. The maximum absolute atomic E-state index is 12.7. The van der Waals surface area contributed by atoms with Gasteiger partial charge in [0.25, 0.3) is 5.91 Å². The highest BCUT2D eigenvalue weighted by molar-refractivity contribution is 5.82. The van der Waals surface area contributed by atoms with Gasteiger partial charge in [-0.15, -0.1) is 0 Å². The molecule has 1 saturated heterocycles. The van der Waals surface area contributed by atoms with Gasteiger partial charge in [-0.25, -0.2) is 0 Å². The topological polar surface area (TPSA) is 76.1 Å². The highest BCUT2D eigenvalue weighted by atomic mass is 16.5. The van der Waals surface area contributed by atoms with Crippen LogP contribution in [0.2, 0.25) is 0 Å². The minimum atomic E-state index is -0.943. The van der Waals surface area contributed by atoms with E-state index in [9.17, 15) is 9.59 Å². The molecular weight excluding hydrogens is 310 g/mol. The Bertz CT molecular complexity index is 587. The molecule has 6 heteroatoms. The zero-order chi connectivity index (χ0) is 17.7. The third-order valence-corrected chi connectivity index (χ3v) is 4.11. The first kappa shape index (κ1) is 18.3. The fraction of sp³-hybridized carbons (Fsp3) is 0.556. The van der Waals surface area contributed by atoms with Crippen LogP contribution >= 0.6 is 0 Å². The van der Waals surface area contributed by atoms with Crippen molar-refractivity contribution in [3.05, 3.63) is 29.8 Å². The van der Waals surface area contributed by atoms with Gasteiger partial charge in [0, 0.05) is 6.54 Å². The molecule has 0 radical (unpaired) electrons. The Labute approximate surface area is 142 Å². The highest BCUT2D eigenvalue weighted by Crippen LogP contribution is 2.22. The molecule has 6 nitrogen and oxygen atoms in total. The number of hydrogen-bond acceptors (Lipinski definition) is 4. The summed E-state index contributed by atoms with van der Waals surface area (Å²) in [4.78, 5) is 25.2. The van der Waals surface area contributed by atoms with Crippen LogP contribution in [0.4, 0.5) is 0 Å². The predicted octanol–water partition coefficient (Wildman–Crippen LogP) is 2.28. The molecule has 132 valence electrons. The number of morpholine rings is 1. The number of amides is 1. The van der Waals surface area contributed by atoms with Gasteiger partial charge in [0.15, 0.2) is 6.10 Å². The number of nitrogens with zero attached hydrogens (tertiary/aromatic N) is 1. The van der Waals surface area contributed by atoms with Crippen molar-refractivity contribution in [2.45, 2.75) is 45.3 Å². The summed E-state index contributed by atoms with van der Waals surface area (Å²) in [6.07, 6.45) is -0.803. The molecule has 1 aliphatic heterocycles. The van der Waals surface area contributed by atoms with Crippen LogP contribution < -0.4 is 4.74 Å². The van der Waals surface area contributed by atoms with Crippen LogP contribution in [-0.2, 0) is 14.3 Å². The van der Waals surface area contributed by atoms with Gasteiger partial charge in [0.05, 0.1) is 25.7 Å². The van der Waals surface area contributed by atoms with Crippen LogP contribution in [0.15, 0.2) is 24.3 Å². The summed E-state index contributed by atoms with van der Waals surface area (Å²) in [5.41, 5.74) is 1.14. The second-order valence-corrected chi connectivity index (χ2v) is 6.35. The zero-order valence-corrected chi connectivity index (χ0v) is 14.4. The van der Waals surface area contributed by atoms with Gasteiger partial charge in [-0.2, -0.15) is 0 Å². The van der Waals surface area contributed by atoms with Crippen LogP contribution in [0.25, 0.3) is 0 Å². The van der Waals surface area contributed by atoms with Crippen molar-refractivity contribution in [2.24, 2.45) is 0 Å². The maximum atomic E-state index is 12.7. The molecule has 2 rings (SSSR count). The van der Waals surface area contributed by atoms with Crippen molar-refractivity contribution in [3.8, 4) is 5.75 Å². The van der Waals surface area contributed by atoms with Gasteiger partial charge in [-0.1, -0.05) is 26.0 Å². The third-order valence-electron chi connectivity index (χ3n) is 4.11. The number of carbonyl (C=O) groups excluding carboxylic acids is 1. The number of carbonyl (C=O) groups is 2. The lowest BCUT2D eigenvalue weighted by atomic mass is 10.0. The lowest BCUT2D eigenvalue weighted by molar-refractivity contribution is -0.150. The van der Waals surface area contributed by atoms with Crippen molar-refractivity contribution < 1.29 is 24.2 Å². The summed E-state index contributed by atoms with van der Waals surface area (Å²) in [5, 5.41) is 9.00. The van der Waals surface area contributed by atoms with Gasteiger partial charge in [-0.05, 0) is 30.5 Å². The second kappa shape index (κ2) is 8.15. The molecule has 24 heavy (non-hydrogen) atoms. The fourth-order valence-corrected chi connectivity index (χ4v) is 2.75. The monoisotopic (exact) mass is 335 g/mol. The molecule has 1 N–H and O–H groups in total. The molecule has 1 aromatic carbocycles. The molecular formula is C18H25NO5. The van der Waals surface area contributed by atoms with E-state index in [1.165, 1.54) is 0 Å². The summed E-state index contributed by atoms with van der Waals surface area (Å²) < 4.78 is 11.1. The Balaban J connectivity index is 2.04. The molecule has 2 unspecified atom stereocenters. The number of aliphatic carboxylic acids is 1. The smallest absolute Gasteiger partial charge is 0.305 e. The van der Waals surface area contributed by atoms with Crippen LogP contribution in [0.5, 0.6) is 5.75 Å². The second-order valence-electron chi connectivity index (χ2n) is 6.35. The Hall–Kier alpha value is -2.08. The number of rotatable bonds is 6. The number of carboxylic acid groups (broad SMARTS) is 1. The van der Waals surface area contributed by atoms with E-state index in [4.69, 9.17) is 14.6 Å². The molecule has 1 aliphatic rings. The Morgan fingerprint density at radius 2 is 2.12 bits per heavy atom. The SMILES string of the molecule is CC(Oc1cccc(C(C)C)c1)C(=O)N1CCOCC1CC(=O)O. The van der Waals surface area contributed by atoms with E-state index in [-0.39, 0.29) is 18.9 Å². The maximum Gasteiger partial charge on any atom is 0.305 e. The van der Waals surface area contributed by atoms with Crippen LogP contribution in [-0.4, -0.2) is 53.8 Å². The molecule has 0 bridgehead atoms. The quantitative estimate of drug-likeness (QED) is 0.863. The van der Waals surface area contributed by atoms with Crippen molar-refractivity contribution in [1.82, 2.24) is 4.90 Å². The fourth-order valence-electron chi connectivity index (χ4n) is 2.75. The molecule has 1 aromatic rings. The normalized spacial score (nSPS) is 19.2. The standard InChI is InChI=1S/C18H25NO5/c1-12(2)14-5-4-6-16(9-14)24-13(3)18(22)19-7-8-23-11-15(19)10-17(20)21/h4-6,9,12-13,15H,7-8,10-11H2,1-3H3,(H,20,21). The average Bonchev–Trinajstić information content (AvgIpc) is 2.54. The molecule has 1 heterocycles. The summed E-state index contributed by atoms with van der Waals surface area (Å²) in [5.74, 6) is -0.134. The van der Waals surface area contributed by atoms with Crippen molar-refractivity contribution in [1.29, 1.82) is 0 Å². The predicted molar refractivity (Wildman–Crippen MR) is 89.2 cm³/mol. The van der Waals surface area contributed by atoms with Gasteiger partial charge in [0.2, 0.25) is 0 Å². The number of carboxylic acids is 1. The molecule has 0 saturated carbocycles. The highest BCUT2D eigenvalue weighted by Gasteiger charge is 2.32. The van der Waals surface area contributed by atoms with Gasteiger partial charge >= 0.3 is 5.97 Å². The first-order chi connectivity index (χ1) is 11.4. The lowest BCUT2D eigenvalue weighted by Crippen LogP contribution is -2.53. The van der Waals surface area contributed by atoms with Crippen LogP contribution in [0, 0.1) is 0 Å². The summed E-state index contributed by atoms with van der Waals surface area (Å²) in [7, 11) is 0. The van der Waals surface area contributed by atoms with E-state index in [1.807, 2.05) is 24.3 Å². The first-order valence-corrected chi connectivity index (χ1v) is 8.25. The molecule has 2 atom stereocenters. The average molecular weight is 335 g/mol. The van der Waals surface area contributed by atoms with Crippen LogP contribution in [0.3, 0.4) is 0 Å². The molecule has 1 amide bonds. The van der Waals surface area contributed by atoms with Gasteiger partial charge < -0.3 is 19.5 Å². The lowest BCUT2D eigenvalue weighted by Gasteiger charge is -2.36. The third kappa shape index (κ3) is 4.71.